The number of methoxy groups -OCH3 is 4. The van der Waals surface area contributed by atoms with Gasteiger partial charge in [-0.05, 0) is 35.4 Å². The Hall–Kier alpha value is -2.40. The largest absolute Gasteiger partial charge is 0.493 e. The summed E-state index contributed by atoms with van der Waals surface area (Å²) in [5.74, 6) is 3.23. The van der Waals surface area contributed by atoms with E-state index in [9.17, 15) is 0 Å². The zero-order valence-electron chi connectivity index (χ0n) is 16.8. The van der Waals surface area contributed by atoms with E-state index in [-0.39, 0.29) is 0 Å². The second-order valence-electron chi connectivity index (χ2n) is 7.71. The standard InChI is InChI=1S/C22H28NO4/c1-23-7-6-14-9-19(24-2)22(27-5)12-17(14)18(23)8-15-10-20(25-3)21(26-4)11-16(15)13-23/h9-12,18H,6-8,13H2,1-5H3/q+1/t18-,23+/m0/s1. The van der Waals surface area contributed by atoms with E-state index < -0.39 is 0 Å². The number of hydrogen-bond acceptors (Lipinski definition) is 4. The summed E-state index contributed by atoms with van der Waals surface area (Å²) in [7, 11) is 9.16. The van der Waals surface area contributed by atoms with Crippen molar-refractivity contribution in [1.29, 1.82) is 0 Å². The SMILES string of the molecule is COc1cc2c(cc1OC)C[N@@+]1(C)CCc3cc(OC)c(OC)cc3[C@@H]1C2. The molecule has 2 aromatic rings. The molecule has 2 heterocycles. The molecule has 0 fully saturated rings. The highest BCUT2D eigenvalue weighted by molar-refractivity contribution is 5.51. The number of fused-ring (bicyclic) bond motifs is 4. The first-order chi connectivity index (χ1) is 13.0. The quantitative estimate of drug-likeness (QED) is 0.772. The van der Waals surface area contributed by atoms with Gasteiger partial charge in [-0.1, -0.05) is 0 Å². The van der Waals surface area contributed by atoms with E-state index in [4.69, 9.17) is 18.9 Å². The van der Waals surface area contributed by atoms with Crippen LogP contribution in [0.2, 0.25) is 0 Å². The molecule has 4 rings (SSSR count). The summed E-state index contributed by atoms with van der Waals surface area (Å²) in [5, 5.41) is 0. The van der Waals surface area contributed by atoms with Crippen molar-refractivity contribution >= 4 is 0 Å². The number of likely N-dealkylation sites (N-methyl/N-ethyl adjacent to an activating group) is 1. The van der Waals surface area contributed by atoms with E-state index in [1.54, 1.807) is 28.4 Å². The average Bonchev–Trinajstić information content (AvgIpc) is 2.69. The van der Waals surface area contributed by atoms with Crippen molar-refractivity contribution in [3.8, 4) is 23.0 Å². The molecule has 144 valence electrons. The lowest BCUT2D eigenvalue weighted by Gasteiger charge is -2.49. The number of hydrogen-bond donors (Lipinski definition) is 0. The summed E-state index contributed by atoms with van der Waals surface area (Å²) in [6.45, 7) is 2.11. The maximum atomic E-state index is 5.58. The van der Waals surface area contributed by atoms with E-state index in [2.05, 4.69) is 31.3 Å². The summed E-state index contributed by atoms with van der Waals surface area (Å²) in [5.41, 5.74) is 5.45. The Bertz CT molecular complexity index is 879. The van der Waals surface area contributed by atoms with Gasteiger partial charge in [0.15, 0.2) is 23.0 Å². The van der Waals surface area contributed by atoms with Gasteiger partial charge in [-0.25, -0.2) is 0 Å². The molecule has 27 heavy (non-hydrogen) atoms. The Morgan fingerprint density at radius 2 is 1.26 bits per heavy atom. The highest BCUT2D eigenvalue weighted by atomic mass is 16.5. The monoisotopic (exact) mass is 370 g/mol. The minimum Gasteiger partial charge on any atom is -0.493 e. The van der Waals surface area contributed by atoms with Crippen molar-refractivity contribution in [1.82, 2.24) is 0 Å². The second kappa shape index (κ2) is 6.64. The van der Waals surface area contributed by atoms with Gasteiger partial charge in [0.2, 0.25) is 0 Å². The first-order valence-electron chi connectivity index (χ1n) is 9.35. The summed E-state index contributed by atoms with van der Waals surface area (Å²) in [6, 6.07) is 9.03. The number of nitrogens with zero attached hydrogens (tertiary/aromatic N) is 1. The number of quaternary nitrogens is 1. The molecule has 0 radical (unpaired) electrons. The molecule has 0 spiro atoms. The van der Waals surface area contributed by atoms with E-state index in [0.717, 1.165) is 53.4 Å². The predicted octanol–water partition coefficient (Wildman–Crippen LogP) is 3.52. The van der Waals surface area contributed by atoms with Crippen LogP contribution in [0, 0.1) is 0 Å². The number of benzene rings is 2. The van der Waals surface area contributed by atoms with Crippen LogP contribution in [0.1, 0.15) is 28.3 Å². The lowest BCUT2D eigenvalue weighted by Crippen LogP contribution is -2.53. The summed E-state index contributed by atoms with van der Waals surface area (Å²) in [6.07, 6.45) is 2.03. The third-order valence-corrected chi connectivity index (χ3v) is 6.30. The van der Waals surface area contributed by atoms with Crippen molar-refractivity contribution in [3.63, 3.8) is 0 Å². The van der Waals surface area contributed by atoms with Crippen LogP contribution in [-0.4, -0.2) is 46.5 Å². The molecule has 0 unspecified atom stereocenters. The average molecular weight is 370 g/mol. The maximum absolute atomic E-state index is 5.58. The van der Waals surface area contributed by atoms with Gasteiger partial charge in [0, 0.05) is 24.0 Å². The van der Waals surface area contributed by atoms with Gasteiger partial charge in [0.05, 0.1) is 42.0 Å². The zero-order chi connectivity index (χ0) is 19.2. The van der Waals surface area contributed by atoms with Crippen LogP contribution in [0.5, 0.6) is 23.0 Å². The third kappa shape index (κ3) is 2.81. The lowest BCUT2D eigenvalue weighted by atomic mass is 9.81. The van der Waals surface area contributed by atoms with E-state index in [0.29, 0.717) is 6.04 Å². The van der Waals surface area contributed by atoms with Gasteiger partial charge in [-0.3, -0.25) is 0 Å². The van der Waals surface area contributed by atoms with Gasteiger partial charge < -0.3 is 23.4 Å². The van der Waals surface area contributed by atoms with E-state index in [1.807, 2.05) is 0 Å². The molecule has 0 saturated carbocycles. The molecule has 5 heteroatoms. The summed E-state index contributed by atoms with van der Waals surface area (Å²) < 4.78 is 23.2. The zero-order valence-corrected chi connectivity index (χ0v) is 16.8. The highest BCUT2D eigenvalue weighted by Crippen LogP contribution is 2.47. The first kappa shape index (κ1) is 18.0. The molecular formula is C22H28NO4+. The molecule has 2 atom stereocenters. The van der Waals surface area contributed by atoms with Crippen molar-refractivity contribution in [3.05, 3.63) is 46.5 Å². The Morgan fingerprint density at radius 3 is 1.85 bits per heavy atom. The highest BCUT2D eigenvalue weighted by Gasteiger charge is 2.43. The predicted molar refractivity (Wildman–Crippen MR) is 104 cm³/mol. The molecule has 0 N–H and O–H groups in total. The molecule has 0 bridgehead atoms. The molecule has 0 aromatic heterocycles. The molecule has 2 aliphatic heterocycles. The fraction of sp³-hybridized carbons (Fsp3) is 0.455. The van der Waals surface area contributed by atoms with Crippen LogP contribution < -0.4 is 18.9 Å². The molecule has 2 aromatic carbocycles. The summed E-state index contributed by atoms with van der Waals surface area (Å²) in [4.78, 5) is 0. The van der Waals surface area contributed by atoms with E-state index >= 15 is 0 Å². The Labute approximate surface area is 161 Å². The van der Waals surface area contributed by atoms with Gasteiger partial charge in [0.1, 0.15) is 12.6 Å². The lowest BCUT2D eigenvalue weighted by molar-refractivity contribution is -0.956. The van der Waals surface area contributed by atoms with Crippen molar-refractivity contribution < 1.29 is 23.4 Å². The minimum absolute atomic E-state index is 0.402. The molecule has 2 aliphatic rings. The van der Waals surface area contributed by atoms with Gasteiger partial charge in [-0.2, -0.15) is 0 Å². The first-order valence-corrected chi connectivity index (χ1v) is 9.35. The Morgan fingerprint density at radius 1 is 0.741 bits per heavy atom. The van der Waals surface area contributed by atoms with Crippen LogP contribution in [-0.2, 0) is 19.4 Å². The number of ether oxygens (including phenoxy) is 4. The third-order valence-electron chi connectivity index (χ3n) is 6.30. The Balaban J connectivity index is 1.80. The van der Waals surface area contributed by atoms with Crippen LogP contribution in [0.4, 0.5) is 0 Å². The topological polar surface area (TPSA) is 36.9 Å². The van der Waals surface area contributed by atoms with Crippen molar-refractivity contribution in [2.45, 2.75) is 25.4 Å². The number of rotatable bonds is 4. The van der Waals surface area contributed by atoms with Crippen molar-refractivity contribution in [2.75, 3.05) is 42.0 Å². The van der Waals surface area contributed by atoms with Crippen LogP contribution in [0.15, 0.2) is 24.3 Å². The van der Waals surface area contributed by atoms with Crippen LogP contribution in [0.3, 0.4) is 0 Å². The second-order valence-corrected chi connectivity index (χ2v) is 7.71. The smallest absolute Gasteiger partial charge is 0.161 e. The van der Waals surface area contributed by atoms with Crippen LogP contribution in [0.25, 0.3) is 0 Å². The summed E-state index contributed by atoms with van der Waals surface area (Å²) >= 11 is 0. The van der Waals surface area contributed by atoms with E-state index in [1.165, 1.54) is 22.3 Å². The van der Waals surface area contributed by atoms with Gasteiger partial charge >= 0.3 is 0 Å². The fourth-order valence-corrected chi connectivity index (χ4v) is 4.75. The molecule has 0 saturated heterocycles. The van der Waals surface area contributed by atoms with Crippen molar-refractivity contribution in [2.24, 2.45) is 0 Å². The molecule has 0 aliphatic carbocycles. The Kier molecular flexibility index (Phi) is 4.42. The molecule has 0 amide bonds. The molecule has 5 nitrogen and oxygen atoms in total. The maximum Gasteiger partial charge on any atom is 0.161 e. The minimum atomic E-state index is 0.402. The molecular weight excluding hydrogens is 342 g/mol. The fourth-order valence-electron chi connectivity index (χ4n) is 4.75. The van der Waals surface area contributed by atoms with Crippen LogP contribution >= 0.6 is 0 Å². The van der Waals surface area contributed by atoms with Gasteiger partial charge in [0.25, 0.3) is 0 Å². The normalized spacial score (nSPS) is 22.9. The van der Waals surface area contributed by atoms with Gasteiger partial charge in [-0.15, -0.1) is 0 Å².